The lowest BCUT2D eigenvalue weighted by Crippen LogP contribution is -2.30. The van der Waals surface area contributed by atoms with Crippen LogP contribution in [0, 0.1) is 11.8 Å². The van der Waals surface area contributed by atoms with Crippen LogP contribution in [-0.2, 0) is 65.4 Å². The Labute approximate surface area is 562 Å². The molecule has 3 N–H and O–H groups in total. The zero-order chi connectivity index (χ0) is 67.9. The summed E-state index contributed by atoms with van der Waals surface area (Å²) in [5.74, 6) is -0.669. The molecule has 0 saturated heterocycles. The molecule has 92 heavy (non-hydrogen) atoms. The molecule has 0 aromatic heterocycles. The number of carbonyl (C=O) groups is 4. The van der Waals surface area contributed by atoms with Crippen molar-refractivity contribution in [2.75, 3.05) is 39.6 Å². The molecule has 5 atom stereocenters. The van der Waals surface area contributed by atoms with Gasteiger partial charge in [-0.2, -0.15) is 0 Å². The van der Waals surface area contributed by atoms with Crippen LogP contribution >= 0.6 is 15.6 Å². The molecular formula is C73H142O17P2. The Morgan fingerprint density at radius 2 is 0.500 bits per heavy atom. The third-order valence-electron chi connectivity index (χ3n) is 17.0. The molecule has 17 nitrogen and oxygen atoms in total. The topological polar surface area (TPSA) is 237 Å². The summed E-state index contributed by atoms with van der Waals surface area (Å²) >= 11 is 0. The van der Waals surface area contributed by atoms with Gasteiger partial charge in [0.1, 0.15) is 19.3 Å². The lowest BCUT2D eigenvalue weighted by molar-refractivity contribution is -0.161. The normalized spacial score (nSPS) is 14.1. The van der Waals surface area contributed by atoms with Gasteiger partial charge in [-0.25, -0.2) is 9.13 Å². The smallest absolute Gasteiger partial charge is 0.462 e. The Bertz CT molecular complexity index is 1790. The highest BCUT2D eigenvalue weighted by Gasteiger charge is 2.30. The van der Waals surface area contributed by atoms with Gasteiger partial charge in [0.25, 0.3) is 0 Å². The van der Waals surface area contributed by atoms with Crippen molar-refractivity contribution in [2.24, 2.45) is 11.8 Å². The van der Waals surface area contributed by atoms with Crippen molar-refractivity contribution in [3.05, 3.63) is 0 Å². The van der Waals surface area contributed by atoms with Gasteiger partial charge in [0.15, 0.2) is 12.2 Å². The van der Waals surface area contributed by atoms with Crippen molar-refractivity contribution in [1.29, 1.82) is 0 Å². The molecule has 2 unspecified atom stereocenters. The van der Waals surface area contributed by atoms with E-state index in [9.17, 15) is 43.2 Å². The third kappa shape index (κ3) is 66.7. The van der Waals surface area contributed by atoms with Crippen molar-refractivity contribution in [3.63, 3.8) is 0 Å². The Morgan fingerprint density at radius 1 is 0.293 bits per heavy atom. The lowest BCUT2D eigenvalue weighted by atomic mass is 10.0. The van der Waals surface area contributed by atoms with Gasteiger partial charge in [0, 0.05) is 25.7 Å². The second kappa shape index (κ2) is 65.0. The maximum Gasteiger partial charge on any atom is 0.472 e. The van der Waals surface area contributed by atoms with Gasteiger partial charge < -0.3 is 33.8 Å². The van der Waals surface area contributed by atoms with E-state index in [4.69, 9.17) is 37.0 Å². The van der Waals surface area contributed by atoms with Crippen LogP contribution < -0.4 is 0 Å². The average molecular weight is 1350 g/mol. The molecule has 0 aliphatic heterocycles. The van der Waals surface area contributed by atoms with Crippen molar-refractivity contribution in [3.8, 4) is 0 Å². The summed E-state index contributed by atoms with van der Waals surface area (Å²) < 4.78 is 68.4. The Balaban J connectivity index is 5.24. The predicted octanol–water partition coefficient (Wildman–Crippen LogP) is 21.2. The highest BCUT2D eigenvalue weighted by Crippen LogP contribution is 2.45. The molecule has 0 bridgehead atoms. The fraction of sp³-hybridized carbons (Fsp3) is 0.945. The highest BCUT2D eigenvalue weighted by molar-refractivity contribution is 7.47. The van der Waals surface area contributed by atoms with E-state index < -0.39 is 97.5 Å². The molecule has 0 aromatic rings. The molecule has 0 aromatic carbocycles. The first-order valence-corrected chi connectivity index (χ1v) is 41.0. The summed E-state index contributed by atoms with van der Waals surface area (Å²) in [7, 11) is -9.90. The van der Waals surface area contributed by atoms with Crippen molar-refractivity contribution in [2.45, 2.75) is 394 Å². The number of aliphatic hydroxyl groups is 1. The number of hydrogen-bond donors (Lipinski definition) is 3. The Hall–Kier alpha value is -1.94. The van der Waals surface area contributed by atoms with Gasteiger partial charge in [-0.05, 0) is 37.5 Å². The Morgan fingerprint density at radius 3 is 0.739 bits per heavy atom. The van der Waals surface area contributed by atoms with E-state index in [2.05, 4.69) is 41.5 Å². The summed E-state index contributed by atoms with van der Waals surface area (Å²) in [6, 6.07) is 0. The molecule has 546 valence electrons. The average Bonchev–Trinajstić information content (AvgIpc) is 3.70. The molecule has 0 aliphatic carbocycles. The molecule has 0 spiro atoms. The number of phosphoric ester groups is 2. The minimum atomic E-state index is -4.95. The third-order valence-corrected chi connectivity index (χ3v) is 18.9. The maximum atomic E-state index is 13.1. The van der Waals surface area contributed by atoms with Crippen LogP contribution in [0.2, 0.25) is 0 Å². The van der Waals surface area contributed by atoms with Crippen LogP contribution in [0.15, 0.2) is 0 Å². The second-order valence-electron chi connectivity index (χ2n) is 27.3. The number of rotatable bonds is 72. The molecular weight excluding hydrogens is 1210 g/mol. The van der Waals surface area contributed by atoms with Gasteiger partial charge in [0.05, 0.1) is 26.4 Å². The van der Waals surface area contributed by atoms with Gasteiger partial charge in [-0.15, -0.1) is 0 Å². The number of aliphatic hydroxyl groups excluding tert-OH is 1. The van der Waals surface area contributed by atoms with Crippen LogP contribution in [-0.4, -0.2) is 96.7 Å². The van der Waals surface area contributed by atoms with Crippen LogP contribution in [0.4, 0.5) is 0 Å². The largest absolute Gasteiger partial charge is 0.472 e. The van der Waals surface area contributed by atoms with Crippen LogP contribution in [0.3, 0.4) is 0 Å². The molecule has 0 amide bonds. The predicted molar refractivity (Wildman–Crippen MR) is 372 cm³/mol. The fourth-order valence-electron chi connectivity index (χ4n) is 11.1. The van der Waals surface area contributed by atoms with Gasteiger partial charge in [-0.3, -0.25) is 37.3 Å². The van der Waals surface area contributed by atoms with E-state index in [-0.39, 0.29) is 25.7 Å². The number of esters is 4. The van der Waals surface area contributed by atoms with E-state index in [1.807, 2.05) is 0 Å². The van der Waals surface area contributed by atoms with Gasteiger partial charge in [0.2, 0.25) is 0 Å². The summed E-state index contributed by atoms with van der Waals surface area (Å²) in [5.41, 5.74) is 0. The van der Waals surface area contributed by atoms with Gasteiger partial charge >= 0.3 is 39.5 Å². The number of unbranched alkanes of at least 4 members (excludes halogenated alkanes) is 42. The van der Waals surface area contributed by atoms with Crippen LogP contribution in [0.5, 0.6) is 0 Å². The van der Waals surface area contributed by atoms with Crippen LogP contribution in [0.25, 0.3) is 0 Å². The maximum absolute atomic E-state index is 13.1. The van der Waals surface area contributed by atoms with E-state index in [1.54, 1.807) is 0 Å². The van der Waals surface area contributed by atoms with E-state index in [0.29, 0.717) is 31.6 Å². The molecule has 0 heterocycles. The highest BCUT2D eigenvalue weighted by atomic mass is 31.2. The van der Waals surface area contributed by atoms with E-state index >= 15 is 0 Å². The molecule has 19 heteroatoms. The first kappa shape index (κ1) is 90.1. The van der Waals surface area contributed by atoms with Gasteiger partial charge in [-0.1, -0.05) is 324 Å². The van der Waals surface area contributed by atoms with E-state index in [0.717, 1.165) is 102 Å². The quantitative estimate of drug-likeness (QED) is 0.0222. The summed E-state index contributed by atoms with van der Waals surface area (Å²) in [5, 5.41) is 10.6. The summed E-state index contributed by atoms with van der Waals surface area (Å²) in [6.07, 6.45) is 51.4. The number of hydrogen-bond acceptors (Lipinski definition) is 15. The number of ether oxygens (including phenoxy) is 4. The van der Waals surface area contributed by atoms with Crippen molar-refractivity contribution in [1.82, 2.24) is 0 Å². The molecule has 0 aliphatic rings. The summed E-state index contributed by atoms with van der Waals surface area (Å²) in [6.45, 7) is 9.50. The molecule has 0 fully saturated rings. The minimum absolute atomic E-state index is 0.107. The first-order valence-electron chi connectivity index (χ1n) is 38.0. The zero-order valence-electron chi connectivity index (χ0n) is 59.9. The Kier molecular flexibility index (Phi) is 63.7. The standard InChI is InChI=1S/C73H142O17P2/c1-7-9-11-13-15-17-19-21-23-25-29-34-38-46-52-58-72(77)89-68(61-83-70(75)55-49-43-36-32-30-26-27-31-35-41-47-53-65(3)4)63-87-91(79,80)85-59-67(74)60-86-92(81,82)88-64-69(62-84-71(76)56-50-44-40-39-42-48-54-66(5)6)90-73(78)57-51-45-37-33-28-24-22-20-18-16-14-12-10-8-2/h65-69,74H,7-64H2,1-6H3,(H,79,80)(H,81,82)/t67-,68-,69-/m1/s1. The second-order valence-corrected chi connectivity index (χ2v) is 30.2. The lowest BCUT2D eigenvalue weighted by Gasteiger charge is -2.21. The van der Waals surface area contributed by atoms with E-state index in [1.165, 1.54) is 186 Å². The zero-order valence-corrected chi connectivity index (χ0v) is 61.6. The van der Waals surface area contributed by atoms with Crippen molar-refractivity contribution >= 4 is 39.5 Å². The SMILES string of the molecule is CCCCCCCCCCCCCCCCCC(=O)O[C@H](COC(=O)CCCCCCCCCCCCCC(C)C)COP(=O)(O)OC[C@@H](O)COP(=O)(O)OC[C@@H](COC(=O)CCCCCCCCC(C)C)OC(=O)CCCCCCCCCCCCCCCC. The number of phosphoric acid groups is 2. The molecule has 0 saturated carbocycles. The fourth-order valence-corrected chi connectivity index (χ4v) is 12.7. The molecule has 0 rings (SSSR count). The van der Waals surface area contributed by atoms with Crippen molar-refractivity contribution < 1.29 is 80.2 Å². The number of carbonyl (C=O) groups excluding carboxylic acids is 4. The van der Waals surface area contributed by atoms with Crippen LogP contribution in [0.1, 0.15) is 375 Å². The first-order chi connectivity index (χ1) is 44.4. The monoisotopic (exact) mass is 1350 g/mol. The summed E-state index contributed by atoms with van der Waals surface area (Å²) in [4.78, 5) is 72.7. The minimum Gasteiger partial charge on any atom is -0.462 e. The molecule has 0 radical (unpaired) electrons.